The zero-order valence-corrected chi connectivity index (χ0v) is 12.6. The van der Waals surface area contributed by atoms with Crippen LogP contribution < -0.4 is 5.56 Å². The first-order valence-electron chi connectivity index (χ1n) is 6.88. The van der Waals surface area contributed by atoms with Crippen molar-refractivity contribution in [3.63, 3.8) is 0 Å². The molecule has 0 saturated carbocycles. The van der Waals surface area contributed by atoms with E-state index in [0.717, 1.165) is 21.7 Å². The Balaban J connectivity index is 2.19. The maximum atomic E-state index is 12.2. The number of aromatic nitrogens is 2. The number of hydrogen-bond acceptors (Lipinski definition) is 4. The number of thiophene rings is 1. The van der Waals surface area contributed by atoms with Crippen molar-refractivity contribution >= 4 is 11.3 Å². The van der Waals surface area contributed by atoms with Crippen LogP contribution in [0.2, 0.25) is 0 Å². The van der Waals surface area contributed by atoms with E-state index in [9.17, 15) is 4.79 Å². The Labute approximate surface area is 131 Å². The van der Waals surface area contributed by atoms with Crippen LogP contribution in [0.4, 0.5) is 0 Å². The van der Waals surface area contributed by atoms with Gasteiger partial charge in [0.25, 0.3) is 5.56 Å². The van der Waals surface area contributed by atoms with Gasteiger partial charge in [0.2, 0.25) is 0 Å². The molecule has 0 spiro atoms. The van der Waals surface area contributed by atoms with Crippen LogP contribution in [-0.4, -0.2) is 9.78 Å². The van der Waals surface area contributed by atoms with Gasteiger partial charge in [0.15, 0.2) is 0 Å². The SMILES string of the molecule is N#CCCn1nc(-c2ccccc2)c(-c2cccs2)cc1=O. The predicted octanol–water partition coefficient (Wildman–Crippen LogP) is 3.55. The van der Waals surface area contributed by atoms with Gasteiger partial charge in [-0.15, -0.1) is 11.3 Å². The van der Waals surface area contributed by atoms with Crippen LogP contribution in [0, 0.1) is 11.3 Å². The zero-order chi connectivity index (χ0) is 15.4. The van der Waals surface area contributed by atoms with E-state index in [1.54, 1.807) is 17.4 Å². The lowest BCUT2D eigenvalue weighted by molar-refractivity contribution is 0.592. The first-order valence-corrected chi connectivity index (χ1v) is 7.76. The average Bonchev–Trinajstić information content (AvgIpc) is 3.08. The first kappa shape index (κ1) is 14.2. The highest BCUT2D eigenvalue weighted by Crippen LogP contribution is 2.31. The van der Waals surface area contributed by atoms with E-state index in [-0.39, 0.29) is 12.0 Å². The fraction of sp³-hybridized carbons (Fsp3) is 0.118. The Hall–Kier alpha value is -2.71. The maximum Gasteiger partial charge on any atom is 0.267 e. The van der Waals surface area contributed by atoms with Gasteiger partial charge in [-0.2, -0.15) is 10.4 Å². The highest BCUT2D eigenvalue weighted by molar-refractivity contribution is 7.13. The quantitative estimate of drug-likeness (QED) is 0.740. The lowest BCUT2D eigenvalue weighted by atomic mass is 10.1. The molecule has 0 saturated heterocycles. The molecule has 108 valence electrons. The van der Waals surface area contributed by atoms with Crippen molar-refractivity contribution in [1.82, 2.24) is 9.78 Å². The number of aryl methyl sites for hydroxylation is 1. The van der Waals surface area contributed by atoms with Crippen molar-refractivity contribution in [2.45, 2.75) is 13.0 Å². The molecule has 2 heterocycles. The molecule has 0 unspecified atom stereocenters. The summed E-state index contributed by atoms with van der Waals surface area (Å²) in [6.07, 6.45) is 0.263. The first-order chi connectivity index (χ1) is 10.8. The van der Waals surface area contributed by atoms with Crippen LogP contribution in [0.3, 0.4) is 0 Å². The number of nitriles is 1. The summed E-state index contributed by atoms with van der Waals surface area (Å²) in [6, 6.07) is 17.4. The van der Waals surface area contributed by atoms with Crippen molar-refractivity contribution < 1.29 is 0 Å². The van der Waals surface area contributed by atoms with Gasteiger partial charge in [0, 0.05) is 22.1 Å². The highest BCUT2D eigenvalue weighted by Gasteiger charge is 2.13. The molecule has 0 radical (unpaired) electrons. The predicted molar refractivity (Wildman–Crippen MR) is 87.5 cm³/mol. The lowest BCUT2D eigenvalue weighted by Gasteiger charge is -2.10. The summed E-state index contributed by atoms with van der Waals surface area (Å²) in [6.45, 7) is 0.305. The molecule has 3 aromatic rings. The largest absolute Gasteiger partial charge is 0.268 e. The van der Waals surface area contributed by atoms with Gasteiger partial charge >= 0.3 is 0 Å². The fourth-order valence-electron chi connectivity index (χ4n) is 2.24. The van der Waals surface area contributed by atoms with E-state index < -0.39 is 0 Å². The summed E-state index contributed by atoms with van der Waals surface area (Å²) in [5, 5.41) is 15.2. The Kier molecular flexibility index (Phi) is 4.12. The molecular formula is C17H13N3OS. The molecular weight excluding hydrogens is 294 g/mol. The van der Waals surface area contributed by atoms with E-state index in [1.165, 1.54) is 4.68 Å². The molecule has 0 aliphatic heterocycles. The molecule has 4 nitrogen and oxygen atoms in total. The van der Waals surface area contributed by atoms with E-state index in [0.29, 0.717) is 6.54 Å². The second kappa shape index (κ2) is 6.37. The van der Waals surface area contributed by atoms with Gasteiger partial charge in [-0.05, 0) is 11.4 Å². The molecule has 22 heavy (non-hydrogen) atoms. The molecule has 0 aliphatic carbocycles. The van der Waals surface area contributed by atoms with Crippen LogP contribution in [0.5, 0.6) is 0 Å². The number of hydrogen-bond donors (Lipinski definition) is 0. The molecule has 0 amide bonds. The van der Waals surface area contributed by atoms with Gasteiger partial charge < -0.3 is 0 Å². The number of benzene rings is 1. The smallest absolute Gasteiger partial charge is 0.267 e. The van der Waals surface area contributed by atoms with Gasteiger partial charge in [-0.3, -0.25) is 4.79 Å². The maximum absolute atomic E-state index is 12.2. The van der Waals surface area contributed by atoms with E-state index >= 15 is 0 Å². The third-order valence-electron chi connectivity index (χ3n) is 3.27. The van der Waals surface area contributed by atoms with Crippen molar-refractivity contribution in [3.05, 3.63) is 64.3 Å². The van der Waals surface area contributed by atoms with Gasteiger partial charge in [-0.1, -0.05) is 36.4 Å². The molecule has 3 rings (SSSR count). The summed E-state index contributed by atoms with van der Waals surface area (Å²) < 4.78 is 1.36. The lowest BCUT2D eigenvalue weighted by Crippen LogP contribution is -2.23. The summed E-state index contributed by atoms with van der Waals surface area (Å²) in [5.74, 6) is 0. The Morgan fingerprint density at radius 3 is 2.68 bits per heavy atom. The third kappa shape index (κ3) is 2.83. The standard InChI is InChI=1S/C17H13N3OS/c18-9-5-10-20-16(21)12-14(15-8-4-11-22-15)17(19-20)13-6-2-1-3-7-13/h1-4,6-8,11-12H,5,10H2. The van der Waals surface area contributed by atoms with Crippen LogP contribution in [0.25, 0.3) is 21.7 Å². The minimum absolute atomic E-state index is 0.182. The Bertz CT molecular complexity index is 861. The summed E-state index contributed by atoms with van der Waals surface area (Å²) in [7, 11) is 0. The monoisotopic (exact) mass is 307 g/mol. The van der Waals surface area contributed by atoms with Gasteiger partial charge in [0.05, 0.1) is 24.7 Å². The zero-order valence-electron chi connectivity index (χ0n) is 11.8. The normalized spacial score (nSPS) is 10.3. The second-order valence-electron chi connectivity index (χ2n) is 4.72. The number of nitrogens with zero attached hydrogens (tertiary/aromatic N) is 3. The van der Waals surface area contributed by atoms with Crippen LogP contribution in [0.15, 0.2) is 58.7 Å². The van der Waals surface area contributed by atoms with Crippen LogP contribution in [0.1, 0.15) is 6.42 Å². The van der Waals surface area contributed by atoms with Crippen LogP contribution >= 0.6 is 11.3 Å². The second-order valence-corrected chi connectivity index (χ2v) is 5.67. The summed E-state index contributed by atoms with van der Waals surface area (Å²) in [4.78, 5) is 13.2. The van der Waals surface area contributed by atoms with Gasteiger partial charge in [0.1, 0.15) is 0 Å². The van der Waals surface area contributed by atoms with E-state index in [4.69, 9.17) is 5.26 Å². The fourth-order valence-corrected chi connectivity index (χ4v) is 2.98. The molecule has 0 aliphatic rings. The van der Waals surface area contributed by atoms with Gasteiger partial charge in [-0.25, -0.2) is 4.68 Å². The Morgan fingerprint density at radius 2 is 2.00 bits per heavy atom. The topological polar surface area (TPSA) is 58.7 Å². The average molecular weight is 307 g/mol. The van der Waals surface area contributed by atoms with Crippen molar-refractivity contribution in [2.75, 3.05) is 0 Å². The van der Waals surface area contributed by atoms with Crippen molar-refractivity contribution in [2.24, 2.45) is 0 Å². The summed E-state index contributed by atoms with van der Waals surface area (Å²) in [5.41, 5.74) is 2.37. The molecule has 2 aromatic heterocycles. The van der Waals surface area contributed by atoms with Crippen molar-refractivity contribution in [1.29, 1.82) is 5.26 Å². The molecule has 0 bridgehead atoms. The van der Waals surface area contributed by atoms with E-state index in [1.807, 2.05) is 53.9 Å². The minimum atomic E-state index is -0.182. The molecule has 0 fully saturated rings. The molecule has 5 heteroatoms. The molecule has 1 aromatic carbocycles. The minimum Gasteiger partial charge on any atom is -0.268 e. The molecule has 0 N–H and O–H groups in total. The third-order valence-corrected chi connectivity index (χ3v) is 4.17. The number of rotatable bonds is 4. The van der Waals surface area contributed by atoms with E-state index in [2.05, 4.69) is 5.10 Å². The molecule has 0 atom stereocenters. The highest BCUT2D eigenvalue weighted by atomic mass is 32.1. The summed E-state index contributed by atoms with van der Waals surface area (Å²) >= 11 is 1.58. The van der Waals surface area contributed by atoms with Crippen LogP contribution in [-0.2, 0) is 6.54 Å². The van der Waals surface area contributed by atoms with Crippen molar-refractivity contribution in [3.8, 4) is 27.8 Å². The Morgan fingerprint density at radius 1 is 1.18 bits per heavy atom.